The fraction of sp³-hybridized carbons (Fsp3) is 0.200. The number of carbonyl (C=O) groups excluding carboxylic acids is 1. The van der Waals surface area contributed by atoms with Gasteiger partial charge in [-0.3, -0.25) is 9.10 Å². The Morgan fingerprint density at radius 1 is 0.949 bits per heavy atom. The number of anilines is 1. The third-order valence-electron chi connectivity index (χ3n) is 6.54. The molecule has 0 aliphatic heterocycles. The van der Waals surface area contributed by atoms with E-state index in [1.807, 2.05) is 39.0 Å². The van der Waals surface area contributed by atoms with Crippen molar-refractivity contribution in [3.05, 3.63) is 111 Å². The van der Waals surface area contributed by atoms with Gasteiger partial charge in [-0.15, -0.1) is 0 Å². The molecule has 1 N–H and O–H groups in total. The molecule has 9 heteroatoms. The molecular weight excluding hydrogens is 532 g/mol. The van der Waals surface area contributed by atoms with E-state index in [1.54, 1.807) is 43.5 Å². The maximum Gasteiger partial charge on any atom is 0.264 e. The number of nitrogens with zero attached hydrogens (tertiary/aromatic N) is 3. The normalized spacial score (nSPS) is 11.6. The van der Waals surface area contributed by atoms with Crippen LogP contribution in [0.4, 0.5) is 5.69 Å². The molecule has 7 nitrogen and oxygen atoms in total. The first-order chi connectivity index (χ1) is 18.5. The number of aromatic nitrogens is 1. The zero-order valence-electron chi connectivity index (χ0n) is 22.6. The number of rotatable bonds is 8. The number of carbonyl (C=O) groups is 1. The zero-order chi connectivity index (χ0) is 28.3. The summed E-state index contributed by atoms with van der Waals surface area (Å²) >= 11 is 6.11. The molecule has 4 aromatic rings. The lowest BCUT2D eigenvalue weighted by molar-refractivity contribution is -0.119. The molecule has 0 saturated heterocycles. The summed E-state index contributed by atoms with van der Waals surface area (Å²) in [6.07, 6.45) is 1.57. The van der Waals surface area contributed by atoms with E-state index in [1.165, 1.54) is 12.1 Å². The topological polar surface area (TPSA) is 83.8 Å². The smallest absolute Gasteiger partial charge is 0.264 e. The molecule has 1 heterocycles. The van der Waals surface area contributed by atoms with Gasteiger partial charge in [-0.25, -0.2) is 13.8 Å². The van der Waals surface area contributed by atoms with Gasteiger partial charge in [0.1, 0.15) is 6.54 Å². The Labute approximate surface area is 234 Å². The molecule has 1 aromatic heterocycles. The van der Waals surface area contributed by atoms with Gasteiger partial charge in [0.2, 0.25) is 0 Å². The largest absolute Gasteiger partial charge is 0.318 e. The highest BCUT2D eigenvalue weighted by molar-refractivity contribution is 7.92. The van der Waals surface area contributed by atoms with Crippen molar-refractivity contribution < 1.29 is 13.2 Å². The number of aryl methyl sites for hydroxylation is 4. The Kier molecular flexibility index (Phi) is 8.28. The molecule has 4 rings (SSSR count). The highest BCUT2D eigenvalue weighted by Crippen LogP contribution is 2.29. The molecule has 1 amide bonds. The van der Waals surface area contributed by atoms with Crippen LogP contribution in [-0.4, -0.2) is 31.7 Å². The first-order valence-corrected chi connectivity index (χ1v) is 14.2. The van der Waals surface area contributed by atoms with Gasteiger partial charge in [0.25, 0.3) is 15.9 Å². The average Bonchev–Trinajstić information content (AvgIpc) is 3.16. The summed E-state index contributed by atoms with van der Waals surface area (Å²) in [5, 5.41) is 4.62. The number of hydrogen-bond donors (Lipinski definition) is 1. The van der Waals surface area contributed by atoms with Crippen LogP contribution in [0, 0.1) is 34.6 Å². The van der Waals surface area contributed by atoms with E-state index in [9.17, 15) is 13.2 Å². The highest BCUT2D eigenvalue weighted by atomic mass is 35.5. The molecule has 0 radical (unpaired) electrons. The number of para-hydroxylation sites is 1. The van der Waals surface area contributed by atoms with Crippen LogP contribution < -0.4 is 9.73 Å². The van der Waals surface area contributed by atoms with Crippen molar-refractivity contribution in [3.8, 4) is 5.69 Å². The minimum absolute atomic E-state index is 0.0856. The van der Waals surface area contributed by atoms with Crippen molar-refractivity contribution in [2.24, 2.45) is 5.10 Å². The predicted molar refractivity (Wildman–Crippen MR) is 158 cm³/mol. The lowest BCUT2D eigenvalue weighted by Crippen LogP contribution is -2.40. The van der Waals surface area contributed by atoms with Crippen molar-refractivity contribution in [3.63, 3.8) is 0 Å². The maximum atomic E-state index is 13.6. The number of benzene rings is 3. The van der Waals surface area contributed by atoms with E-state index in [-0.39, 0.29) is 4.90 Å². The SMILES string of the molecule is Cc1ccc(S(=O)(=O)N(CC(=O)N/N=C/c2cc(C)n(-c3ccccc3C)c2C)c2ccc(Cl)cc2C)cc1. The maximum absolute atomic E-state index is 13.6. The van der Waals surface area contributed by atoms with Gasteiger partial charge < -0.3 is 4.57 Å². The number of nitrogens with one attached hydrogen (secondary N) is 1. The van der Waals surface area contributed by atoms with E-state index in [4.69, 9.17) is 11.6 Å². The number of hydrazone groups is 1. The Morgan fingerprint density at radius 3 is 2.31 bits per heavy atom. The molecule has 0 spiro atoms. The fourth-order valence-corrected chi connectivity index (χ4v) is 6.19. The molecule has 0 aliphatic rings. The van der Waals surface area contributed by atoms with E-state index in [0.717, 1.165) is 38.1 Å². The Morgan fingerprint density at radius 2 is 1.64 bits per heavy atom. The van der Waals surface area contributed by atoms with Crippen LogP contribution in [0.2, 0.25) is 5.02 Å². The first kappa shape index (κ1) is 28.1. The van der Waals surface area contributed by atoms with Crippen molar-refractivity contribution >= 4 is 39.4 Å². The molecule has 0 bridgehead atoms. The third kappa shape index (κ3) is 6.08. The summed E-state index contributed by atoms with van der Waals surface area (Å²) in [6.45, 7) is 9.22. The predicted octanol–water partition coefficient (Wildman–Crippen LogP) is 6.02. The van der Waals surface area contributed by atoms with Crippen LogP contribution in [0.3, 0.4) is 0 Å². The lowest BCUT2D eigenvalue weighted by atomic mass is 10.2. The highest BCUT2D eigenvalue weighted by Gasteiger charge is 2.28. The van der Waals surface area contributed by atoms with Crippen molar-refractivity contribution in [2.45, 2.75) is 39.5 Å². The van der Waals surface area contributed by atoms with Crippen molar-refractivity contribution in [1.82, 2.24) is 9.99 Å². The summed E-state index contributed by atoms with van der Waals surface area (Å²) in [7, 11) is -4.05. The van der Waals surface area contributed by atoms with Gasteiger partial charge in [0.15, 0.2) is 0 Å². The molecule has 0 saturated carbocycles. The minimum atomic E-state index is -4.05. The number of hydrogen-bond acceptors (Lipinski definition) is 4. The second-order valence-electron chi connectivity index (χ2n) is 9.50. The number of halogens is 1. The monoisotopic (exact) mass is 562 g/mol. The van der Waals surface area contributed by atoms with E-state index < -0.39 is 22.5 Å². The molecular formula is C30H31ClN4O3S. The van der Waals surface area contributed by atoms with E-state index >= 15 is 0 Å². The molecule has 0 aliphatic carbocycles. The van der Waals surface area contributed by atoms with Gasteiger partial charge in [-0.05, 0) is 88.2 Å². The number of amides is 1. The van der Waals surface area contributed by atoms with Crippen LogP contribution in [0.25, 0.3) is 5.69 Å². The van der Waals surface area contributed by atoms with Crippen LogP contribution in [0.15, 0.2) is 82.8 Å². The van der Waals surface area contributed by atoms with E-state index in [2.05, 4.69) is 34.2 Å². The molecule has 202 valence electrons. The van der Waals surface area contributed by atoms with Crippen molar-refractivity contribution in [2.75, 3.05) is 10.8 Å². The quantitative estimate of drug-likeness (QED) is 0.210. The van der Waals surface area contributed by atoms with Crippen LogP contribution in [0.5, 0.6) is 0 Å². The summed E-state index contributed by atoms with van der Waals surface area (Å²) in [5.41, 5.74) is 9.47. The minimum Gasteiger partial charge on any atom is -0.318 e. The van der Waals surface area contributed by atoms with Crippen molar-refractivity contribution in [1.29, 1.82) is 0 Å². The Hall–Kier alpha value is -3.88. The second kappa shape index (κ2) is 11.5. The Bertz CT molecular complexity index is 1660. The van der Waals surface area contributed by atoms with Crippen LogP contribution in [0.1, 0.15) is 33.6 Å². The lowest BCUT2D eigenvalue weighted by Gasteiger charge is -2.25. The fourth-order valence-electron chi connectivity index (χ4n) is 4.48. The molecule has 3 aromatic carbocycles. The first-order valence-electron chi connectivity index (χ1n) is 12.4. The molecule has 39 heavy (non-hydrogen) atoms. The summed E-state index contributed by atoms with van der Waals surface area (Å²) in [6, 6.07) is 21.5. The number of sulfonamides is 1. The Balaban J connectivity index is 1.59. The van der Waals surface area contributed by atoms with Crippen LogP contribution >= 0.6 is 11.6 Å². The summed E-state index contributed by atoms with van der Waals surface area (Å²) in [4.78, 5) is 13.1. The van der Waals surface area contributed by atoms with Gasteiger partial charge in [0, 0.05) is 27.7 Å². The standard InChI is InChI=1S/C30H31ClN4O3S/c1-20-10-13-27(14-11-20)39(37,38)34(28-15-12-26(31)16-22(28)3)19-30(36)33-32-18-25-17-23(4)35(24(25)5)29-9-7-6-8-21(29)2/h6-18H,19H2,1-5H3,(H,33,36)/b32-18+. The van der Waals surface area contributed by atoms with Gasteiger partial charge in [-0.1, -0.05) is 47.5 Å². The van der Waals surface area contributed by atoms with Gasteiger partial charge >= 0.3 is 0 Å². The second-order valence-corrected chi connectivity index (χ2v) is 11.8. The average molecular weight is 563 g/mol. The molecule has 0 atom stereocenters. The van der Waals surface area contributed by atoms with E-state index in [0.29, 0.717) is 16.3 Å². The molecule has 0 unspecified atom stereocenters. The molecule has 0 fully saturated rings. The summed E-state index contributed by atoms with van der Waals surface area (Å²) in [5.74, 6) is -0.580. The summed E-state index contributed by atoms with van der Waals surface area (Å²) < 4.78 is 30.5. The zero-order valence-corrected chi connectivity index (χ0v) is 24.1. The van der Waals surface area contributed by atoms with Crippen LogP contribution in [-0.2, 0) is 14.8 Å². The van der Waals surface area contributed by atoms with Gasteiger partial charge in [0.05, 0.1) is 16.8 Å². The third-order valence-corrected chi connectivity index (χ3v) is 8.55. The van der Waals surface area contributed by atoms with Gasteiger partial charge in [-0.2, -0.15) is 5.10 Å².